The van der Waals surface area contributed by atoms with Gasteiger partial charge in [0.15, 0.2) is 12.0 Å². The van der Waals surface area contributed by atoms with E-state index in [9.17, 15) is 0 Å². The Hall–Kier alpha value is -3.33. The molecule has 0 radical (unpaired) electrons. The van der Waals surface area contributed by atoms with Crippen molar-refractivity contribution in [1.29, 1.82) is 0 Å². The summed E-state index contributed by atoms with van der Waals surface area (Å²) >= 11 is 0. The minimum atomic E-state index is -1.46. The number of fused-ring (bicyclic) bond motifs is 1. The first-order valence-corrected chi connectivity index (χ1v) is 11.2. The SMILES string of the molecule is CC1(c2ccc3c(N)ncnn23)O[C@H](COCc2ccccc2)[C@@H](OCc2ccccc2)[C@H]1F. The Bertz CT molecular complexity index is 1240. The number of alkyl halides is 1. The number of ether oxygens (including phenoxy) is 3. The Morgan fingerprint density at radius 2 is 1.68 bits per heavy atom. The quantitative estimate of drug-likeness (QED) is 0.425. The molecule has 176 valence electrons. The van der Waals surface area contributed by atoms with Crippen LogP contribution in [0.1, 0.15) is 23.7 Å². The molecule has 4 aromatic rings. The largest absolute Gasteiger partial charge is 0.382 e. The van der Waals surface area contributed by atoms with Crippen molar-refractivity contribution in [1.82, 2.24) is 14.6 Å². The standard InChI is InChI=1S/C26H27FN4O3/c1-26(22-13-12-20-25(28)29-17-30-31(20)22)24(27)23(33-15-19-10-6-3-7-11-19)21(34-26)16-32-14-18-8-4-2-5-9-18/h2-13,17,21,23-24H,14-16H2,1H3,(H2,28,29,30)/t21-,23-,24-,26?/m1/s1. The van der Waals surface area contributed by atoms with Crippen LogP contribution in [-0.4, -0.2) is 39.6 Å². The van der Waals surface area contributed by atoms with E-state index in [1.807, 2.05) is 60.7 Å². The third-order valence-electron chi connectivity index (χ3n) is 6.25. The van der Waals surface area contributed by atoms with Crippen molar-refractivity contribution in [3.8, 4) is 0 Å². The molecule has 2 aromatic carbocycles. The fraction of sp³-hybridized carbons (Fsp3) is 0.308. The lowest BCUT2D eigenvalue weighted by Crippen LogP contribution is -2.38. The Morgan fingerprint density at radius 3 is 2.38 bits per heavy atom. The molecule has 7 nitrogen and oxygen atoms in total. The summed E-state index contributed by atoms with van der Waals surface area (Å²) in [7, 11) is 0. The number of anilines is 1. The first-order chi connectivity index (χ1) is 16.6. The Kier molecular flexibility index (Phi) is 6.28. The Morgan fingerprint density at radius 1 is 1.00 bits per heavy atom. The lowest BCUT2D eigenvalue weighted by molar-refractivity contribution is -0.0987. The van der Waals surface area contributed by atoms with Crippen molar-refractivity contribution < 1.29 is 18.6 Å². The third kappa shape index (κ3) is 4.27. The summed E-state index contributed by atoms with van der Waals surface area (Å²) in [5.41, 5.74) is 7.81. The monoisotopic (exact) mass is 462 g/mol. The average molecular weight is 463 g/mol. The van der Waals surface area contributed by atoms with E-state index in [2.05, 4.69) is 10.1 Å². The summed E-state index contributed by atoms with van der Waals surface area (Å²) in [6.45, 7) is 2.57. The highest BCUT2D eigenvalue weighted by atomic mass is 19.1. The van der Waals surface area contributed by atoms with Gasteiger partial charge in [-0.1, -0.05) is 60.7 Å². The second-order valence-electron chi connectivity index (χ2n) is 8.59. The summed E-state index contributed by atoms with van der Waals surface area (Å²) in [6, 6.07) is 23.1. The molecule has 2 N–H and O–H groups in total. The molecule has 1 fully saturated rings. The van der Waals surface area contributed by atoms with Gasteiger partial charge in [0.1, 0.15) is 29.7 Å². The van der Waals surface area contributed by atoms with Crippen LogP contribution in [0.4, 0.5) is 10.2 Å². The molecule has 8 heteroatoms. The highest BCUT2D eigenvalue weighted by Gasteiger charge is 2.56. The Balaban J connectivity index is 1.39. The lowest BCUT2D eigenvalue weighted by atomic mass is 9.94. The van der Waals surface area contributed by atoms with E-state index < -0.39 is 24.0 Å². The van der Waals surface area contributed by atoms with Crippen molar-refractivity contribution >= 4 is 11.3 Å². The van der Waals surface area contributed by atoms with Gasteiger partial charge in [0.05, 0.1) is 25.5 Å². The van der Waals surface area contributed by atoms with Crippen LogP contribution in [0.25, 0.3) is 5.52 Å². The van der Waals surface area contributed by atoms with Crippen LogP contribution in [0.3, 0.4) is 0 Å². The molecule has 3 heterocycles. The highest BCUT2D eigenvalue weighted by molar-refractivity contribution is 5.65. The van der Waals surface area contributed by atoms with E-state index in [0.29, 0.717) is 23.6 Å². The van der Waals surface area contributed by atoms with Crippen molar-refractivity contribution in [2.75, 3.05) is 12.3 Å². The first-order valence-electron chi connectivity index (χ1n) is 11.2. The van der Waals surface area contributed by atoms with E-state index in [1.165, 1.54) is 6.33 Å². The number of hydrogen-bond acceptors (Lipinski definition) is 6. The van der Waals surface area contributed by atoms with Crippen molar-refractivity contribution in [3.05, 3.63) is 95.9 Å². The first kappa shape index (κ1) is 22.5. The molecule has 4 atom stereocenters. The van der Waals surface area contributed by atoms with Gasteiger partial charge >= 0.3 is 0 Å². The van der Waals surface area contributed by atoms with Gasteiger partial charge in [0.2, 0.25) is 0 Å². The molecular weight excluding hydrogens is 435 g/mol. The second kappa shape index (κ2) is 9.50. The van der Waals surface area contributed by atoms with Gasteiger partial charge < -0.3 is 19.9 Å². The number of rotatable bonds is 8. The van der Waals surface area contributed by atoms with Crippen LogP contribution < -0.4 is 5.73 Å². The maximum atomic E-state index is 16.1. The van der Waals surface area contributed by atoms with E-state index in [4.69, 9.17) is 19.9 Å². The van der Waals surface area contributed by atoms with E-state index in [0.717, 1.165) is 11.1 Å². The van der Waals surface area contributed by atoms with Crippen LogP contribution in [0.5, 0.6) is 0 Å². The number of aromatic nitrogens is 3. The lowest BCUT2D eigenvalue weighted by Gasteiger charge is -2.26. The van der Waals surface area contributed by atoms with E-state index in [1.54, 1.807) is 23.6 Å². The molecule has 0 saturated carbocycles. The van der Waals surface area contributed by atoms with Crippen molar-refractivity contribution in [3.63, 3.8) is 0 Å². The van der Waals surface area contributed by atoms with Crippen LogP contribution >= 0.6 is 0 Å². The Labute approximate surface area is 197 Å². The zero-order chi connectivity index (χ0) is 23.5. The fourth-order valence-electron chi connectivity index (χ4n) is 4.43. The summed E-state index contributed by atoms with van der Waals surface area (Å²) in [5.74, 6) is 0.317. The zero-order valence-electron chi connectivity index (χ0n) is 18.9. The average Bonchev–Trinajstić information content (AvgIpc) is 3.40. The van der Waals surface area contributed by atoms with Gasteiger partial charge in [-0.2, -0.15) is 5.10 Å². The number of nitrogen functional groups attached to an aromatic ring is 1. The highest BCUT2D eigenvalue weighted by Crippen LogP contribution is 2.43. The molecule has 5 rings (SSSR count). The summed E-state index contributed by atoms with van der Waals surface area (Å²) in [6.07, 6.45) is -1.56. The van der Waals surface area contributed by atoms with Crippen LogP contribution in [0.15, 0.2) is 79.1 Å². The predicted molar refractivity (Wildman–Crippen MR) is 126 cm³/mol. The smallest absolute Gasteiger partial charge is 0.163 e. The molecule has 0 aliphatic carbocycles. The third-order valence-corrected chi connectivity index (χ3v) is 6.25. The normalized spacial score (nSPS) is 24.6. The van der Waals surface area contributed by atoms with Gasteiger partial charge in [-0.15, -0.1) is 0 Å². The topological polar surface area (TPSA) is 83.9 Å². The van der Waals surface area contributed by atoms with Gasteiger partial charge in [-0.05, 0) is 30.2 Å². The minimum absolute atomic E-state index is 0.185. The van der Waals surface area contributed by atoms with Crippen molar-refractivity contribution in [2.24, 2.45) is 0 Å². The van der Waals surface area contributed by atoms with Crippen LogP contribution in [0, 0.1) is 0 Å². The fourth-order valence-corrected chi connectivity index (χ4v) is 4.43. The summed E-state index contributed by atoms with van der Waals surface area (Å²) in [4.78, 5) is 4.02. The zero-order valence-corrected chi connectivity index (χ0v) is 18.9. The number of nitrogens with zero attached hydrogens (tertiary/aromatic N) is 3. The van der Waals surface area contributed by atoms with E-state index in [-0.39, 0.29) is 13.2 Å². The number of benzene rings is 2. The number of halogens is 1. The molecule has 1 unspecified atom stereocenters. The minimum Gasteiger partial charge on any atom is -0.382 e. The van der Waals surface area contributed by atoms with Crippen molar-refractivity contribution in [2.45, 2.75) is 44.1 Å². The molecule has 2 aromatic heterocycles. The summed E-state index contributed by atoms with van der Waals surface area (Å²) < 4.78 is 36.1. The molecule has 34 heavy (non-hydrogen) atoms. The molecular formula is C26H27FN4O3. The summed E-state index contributed by atoms with van der Waals surface area (Å²) in [5, 5.41) is 4.28. The molecule has 0 bridgehead atoms. The molecule has 1 aliphatic rings. The molecule has 1 saturated heterocycles. The molecule has 0 spiro atoms. The van der Waals surface area contributed by atoms with Gasteiger partial charge in [-0.3, -0.25) is 0 Å². The maximum Gasteiger partial charge on any atom is 0.163 e. The molecule has 0 amide bonds. The second-order valence-corrected chi connectivity index (χ2v) is 8.59. The van der Waals surface area contributed by atoms with Crippen LogP contribution in [-0.2, 0) is 33.0 Å². The maximum absolute atomic E-state index is 16.1. The van der Waals surface area contributed by atoms with Crippen LogP contribution in [0.2, 0.25) is 0 Å². The predicted octanol–water partition coefficient (Wildman–Crippen LogP) is 4.07. The van der Waals surface area contributed by atoms with Gasteiger partial charge in [0.25, 0.3) is 0 Å². The molecule has 1 aliphatic heterocycles. The van der Waals surface area contributed by atoms with Gasteiger partial charge in [0, 0.05) is 0 Å². The van der Waals surface area contributed by atoms with E-state index >= 15 is 4.39 Å². The number of nitrogens with two attached hydrogens (primary N) is 1. The van der Waals surface area contributed by atoms with Gasteiger partial charge in [-0.25, -0.2) is 13.9 Å². The number of hydrogen-bond donors (Lipinski definition) is 1.